The van der Waals surface area contributed by atoms with Gasteiger partial charge in [-0.25, -0.2) is 0 Å². The van der Waals surface area contributed by atoms with Gasteiger partial charge < -0.3 is 36.4 Å². The number of rotatable bonds is 10. The molecular formula is C42H67BrN4O5. The van der Waals surface area contributed by atoms with E-state index in [1.54, 1.807) is 48.7 Å². The third-order valence-corrected chi connectivity index (χ3v) is 6.41. The number of nitrogens with one attached hydrogen (secondary N) is 1. The molecule has 0 aliphatic rings. The first-order chi connectivity index (χ1) is 25.3. The number of aliphatic imine (C=N–C) groups is 1. The van der Waals surface area contributed by atoms with Crippen LogP contribution in [0.5, 0.6) is 23.0 Å². The second-order valence-corrected chi connectivity index (χ2v) is 9.85. The van der Waals surface area contributed by atoms with Crippen molar-refractivity contribution in [2.24, 2.45) is 10.7 Å². The summed E-state index contributed by atoms with van der Waals surface area (Å²) >= 11 is 3.25. The Morgan fingerprint density at radius 1 is 0.673 bits per heavy atom. The average molecular weight is 788 g/mol. The maximum absolute atomic E-state index is 10.1. The lowest BCUT2D eigenvalue weighted by Gasteiger charge is -2.16. The highest BCUT2D eigenvalue weighted by Gasteiger charge is 2.03. The zero-order valence-corrected chi connectivity index (χ0v) is 34.8. The van der Waals surface area contributed by atoms with E-state index in [2.05, 4.69) is 31.1 Å². The highest BCUT2D eigenvalue weighted by molar-refractivity contribution is 9.08. The number of aromatic hydroxyl groups is 4. The summed E-state index contributed by atoms with van der Waals surface area (Å²) < 4.78 is 0. The highest BCUT2D eigenvalue weighted by Crippen LogP contribution is 2.18. The number of para-hydroxylation sites is 4. The fourth-order valence-corrected chi connectivity index (χ4v) is 3.83. The molecule has 4 aromatic rings. The Hall–Kier alpha value is -4.22. The number of likely N-dealkylation sites (N-methyl/N-ethyl adjacent to an activating group) is 2. The van der Waals surface area contributed by atoms with Gasteiger partial charge in [-0.3, -0.25) is 9.79 Å². The number of phenols is 4. The van der Waals surface area contributed by atoms with Crippen molar-refractivity contribution in [1.82, 2.24) is 10.2 Å². The molecule has 0 atom stereocenters. The smallest absolute Gasteiger partial charge is 0.153 e. The molecule has 4 aromatic carbocycles. The number of hydrogen-bond donors (Lipinski definition) is 6. The Morgan fingerprint density at radius 2 is 1.08 bits per heavy atom. The molecule has 0 heterocycles. The van der Waals surface area contributed by atoms with Crippen LogP contribution < -0.4 is 11.1 Å². The molecule has 0 amide bonds. The van der Waals surface area contributed by atoms with E-state index in [0.717, 1.165) is 36.3 Å². The van der Waals surface area contributed by atoms with Gasteiger partial charge in [-0.1, -0.05) is 132 Å². The number of alkyl halides is 1. The second-order valence-electron chi connectivity index (χ2n) is 9.29. The van der Waals surface area contributed by atoms with E-state index in [9.17, 15) is 15.0 Å². The minimum Gasteiger partial charge on any atom is -0.508 e. The maximum Gasteiger partial charge on any atom is 0.153 e. The van der Waals surface area contributed by atoms with Crippen molar-refractivity contribution in [3.05, 3.63) is 119 Å². The zero-order chi connectivity index (χ0) is 40.6. The van der Waals surface area contributed by atoms with E-state index in [0.29, 0.717) is 41.8 Å². The molecule has 0 saturated carbocycles. The third-order valence-electron chi connectivity index (χ3n) is 5.80. The van der Waals surface area contributed by atoms with E-state index >= 15 is 0 Å². The van der Waals surface area contributed by atoms with Gasteiger partial charge in [0, 0.05) is 54.4 Å². The van der Waals surface area contributed by atoms with Crippen LogP contribution in [0.25, 0.3) is 0 Å². The lowest BCUT2D eigenvalue weighted by molar-refractivity contribution is 0.112. The lowest BCUT2D eigenvalue weighted by Crippen LogP contribution is -2.21. The number of benzene rings is 4. The Balaban J connectivity index is -0.000000310. The summed E-state index contributed by atoms with van der Waals surface area (Å²) in [5.74, 6) is 0.952. The van der Waals surface area contributed by atoms with Crippen LogP contribution in [0.1, 0.15) is 82.4 Å². The van der Waals surface area contributed by atoms with Crippen molar-refractivity contribution < 1.29 is 25.2 Å². The zero-order valence-electron chi connectivity index (χ0n) is 33.2. The summed E-state index contributed by atoms with van der Waals surface area (Å²) in [4.78, 5) is 16.5. The number of nitrogens with zero attached hydrogens (tertiary/aromatic N) is 2. The minimum atomic E-state index is 0.0347. The van der Waals surface area contributed by atoms with Crippen LogP contribution >= 0.6 is 15.9 Å². The van der Waals surface area contributed by atoms with Crippen molar-refractivity contribution >= 4 is 28.4 Å². The molecule has 52 heavy (non-hydrogen) atoms. The van der Waals surface area contributed by atoms with Gasteiger partial charge in [-0.05, 0) is 50.5 Å². The van der Waals surface area contributed by atoms with Crippen molar-refractivity contribution in [3.63, 3.8) is 0 Å². The van der Waals surface area contributed by atoms with Gasteiger partial charge in [0.2, 0.25) is 0 Å². The third kappa shape index (κ3) is 28.5. The summed E-state index contributed by atoms with van der Waals surface area (Å²) in [6.07, 6.45) is 2.30. The van der Waals surface area contributed by atoms with Gasteiger partial charge in [0.15, 0.2) is 6.29 Å². The van der Waals surface area contributed by atoms with Gasteiger partial charge >= 0.3 is 0 Å². The van der Waals surface area contributed by atoms with E-state index in [-0.39, 0.29) is 11.5 Å². The molecule has 0 aromatic heterocycles. The fraction of sp³-hybridized carbons (Fsp3) is 0.381. The Morgan fingerprint density at radius 3 is 1.40 bits per heavy atom. The second kappa shape index (κ2) is 41.2. The molecule has 4 rings (SSSR count). The maximum atomic E-state index is 10.1. The first-order valence-electron chi connectivity index (χ1n) is 17.9. The Kier molecular flexibility index (Phi) is 43.2. The topological polar surface area (TPSA) is 152 Å². The van der Waals surface area contributed by atoms with Crippen molar-refractivity contribution in [2.75, 3.05) is 40.3 Å². The molecule has 292 valence electrons. The molecule has 0 aliphatic heterocycles. The predicted molar refractivity (Wildman–Crippen MR) is 228 cm³/mol. The fourth-order valence-electron chi connectivity index (χ4n) is 3.36. The van der Waals surface area contributed by atoms with Crippen LogP contribution in [0.2, 0.25) is 0 Å². The summed E-state index contributed by atoms with van der Waals surface area (Å²) in [6, 6.07) is 28.1. The summed E-state index contributed by atoms with van der Waals surface area (Å²) in [7, 11) is 3.87. The molecule has 0 unspecified atom stereocenters. The standard InChI is InChI=1S/C17H20N2O2.C7H7BrO.C7H6O2.C3H10N2.4C2H6/c1-19(13-15-7-3-5-9-17(15)21)11-10-18-12-14-6-2-4-8-16(14)20;2*8-5-6-3-1-2-4-7(6)9;1-5-3-2-4;4*1-2/h2-9,12,20-21H,10-11,13H2,1H3;1-4,9H,5H2;1-5,9H;5H,2-4H2,1H3;4*1-2H3. The van der Waals surface area contributed by atoms with Crippen LogP contribution in [0, 0.1) is 0 Å². The number of nitrogens with two attached hydrogens (primary N) is 1. The normalized spacial score (nSPS) is 9.02. The number of hydrogen-bond acceptors (Lipinski definition) is 9. The van der Waals surface area contributed by atoms with Crippen molar-refractivity contribution in [1.29, 1.82) is 0 Å². The van der Waals surface area contributed by atoms with Gasteiger partial charge in [0.05, 0.1) is 12.1 Å². The van der Waals surface area contributed by atoms with Crippen molar-refractivity contribution in [2.45, 2.75) is 67.3 Å². The van der Waals surface area contributed by atoms with E-state index in [4.69, 9.17) is 15.9 Å². The molecule has 0 fully saturated rings. The Labute approximate surface area is 323 Å². The first kappa shape index (κ1) is 54.6. The van der Waals surface area contributed by atoms with E-state index < -0.39 is 0 Å². The average Bonchev–Trinajstić information content (AvgIpc) is 3.19. The molecule has 7 N–H and O–H groups in total. The predicted octanol–water partition coefficient (Wildman–Crippen LogP) is 9.41. The highest BCUT2D eigenvalue weighted by atomic mass is 79.9. The van der Waals surface area contributed by atoms with Gasteiger partial charge in [0.25, 0.3) is 0 Å². The molecule has 0 aliphatic carbocycles. The summed E-state index contributed by atoms with van der Waals surface area (Å²) in [5, 5.41) is 40.9. The molecule has 0 spiro atoms. The Bertz CT molecular complexity index is 1390. The van der Waals surface area contributed by atoms with Gasteiger partial charge in [-0.2, -0.15) is 0 Å². The largest absolute Gasteiger partial charge is 0.508 e. The first-order valence-corrected chi connectivity index (χ1v) is 19.0. The van der Waals surface area contributed by atoms with Crippen LogP contribution in [0.3, 0.4) is 0 Å². The molecule has 9 nitrogen and oxygen atoms in total. The minimum absolute atomic E-state index is 0.0347. The number of carbonyl (C=O) groups is 1. The summed E-state index contributed by atoms with van der Waals surface area (Å²) in [5.41, 5.74) is 7.97. The molecule has 0 saturated heterocycles. The molecule has 10 heteroatoms. The SMILES string of the molecule is CC.CC.CC.CC.CN(CCN=Cc1ccccc1O)Cc1ccccc1O.CNCCN.O=Cc1ccccc1O.Oc1ccccc1CBr. The molecule has 0 bridgehead atoms. The van der Waals surface area contributed by atoms with Crippen LogP contribution in [0.15, 0.2) is 102 Å². The number of halogens is 1. The van der Waals surface area contributed by atoms with Gasteiger partial charge in [0.1, 0.15) is 23.0 Å². The van der Waals surface area contributed by atoms with Crippen LogP contribution in [-0.4, -0.2) is 78.1 Å². The quantitative estimate of drug-likeness (QED) is 0.0529. The number of carbonyl (C=O) groups excluding carboxylic acids is 1. The molecule has 0 radical (unpaired) electrons. The summed E-state index contributed by atoms with van der Waals surface area (Å²) in [6.45, 7) is 19.7. The number of aldehydes is 1. The van der Waals surface area contributed by atoms with Crippen LogP contribution in [0.4, 0.5) is 0 Å². The van der Waals surface area contributed by atoms with E-state index in [1.165, 1.54) is 6.07 Å². The van der Waals surface area contributed by atoms with Gasteiger partial charge in [-0.15, -0.1) is 0 Å². The van der Waals surface area contributed by atoms with E-state index in [1.807, 2.05) is 118 Å². The lowest BCUT2D eigenvalue weighted by atomic mass is 10.2. The molecular weight excluding hydrogens is 720 g/mol. The number of phenolic OH excluding ortho intramolecular Hbond substituents is 4. The monoisotopic (exact) mass is 786 g/mol. The van der Waals surface area contributed by atoms with Crippen LogP contribution in [-0.2, 0) is 11.9 Å². The van der Waals surface area contributed by atoms with Crippen molar-refractivity contribution in [3.8, 4) is 23.0 Å².